The van der Waals surface area contributed by atoms with Crippen LogP contribution in [0.5, 0.6) is 0 Å². The Morgan fingerprint density at radius 2 is 2.45 bits per heavy atom. The van der Waals surface area contributed by atoms with Gasteiger partial charge in [-0.25, -0.2) is 9.78 Å². The molecule has 0 aliphatic carbocycles. The number of carboxylic acid groups (broad SMARTS) is 1. The van der Waals surface area contributed by atoms with Crippen LogP contribution in [0.1, 0.15) is 27.9 Å². The molecule has 0 aliphatic rings. The second-order valence-electron chi connectivity index (χ2n) is 1.88. The third-order valence-electron chi connectivity index (χ3n) is 0.980. The molecule has 0 saturated carbocycles. The Morgan fingerprint density at radius 3 is 2.73 bits per heavy atom. The SMILES string of the molecule is CC(Cl)c1nsc(C(=O)O)n1. The number of carboxylic acids is 1. The van der Waals surface area contributed by atoms with Crippen LogP contribution in [0.3, 0.4) is 0 Å². The van der Waals surface area contributed by atoms with Crippen LogP contribution < -0.4 is 0 Å². The van der Waals surface area contributed by atoms with Gasteiger partial charge in [-0.1, -0.05) is 0 Å². The van der Waals surface area contributed by atoms with Crippen LogP contribution in [0.15, 0.2) is 0 Å². The summed E-state index contributed by atoms with van der Waals surface area (Å²) in [7, 11) is 0. The van der Waals surface area contributed by atoms with Crippen molar-refractivity contribution in [2.45, 2.75) is 12.3 Å². The van der Waals surface area contributed by atoms with Crippen LogP contribution in [-0.4, -0.2) is 20.4 Å². The minimum atomic E-state index is -1.06. The van der Waals surface area contributed by atoms with Crippen LogP contribution in [-0.2, 0) is 0 Å². The van der Waals surface area contributed by atoms with Crippen molar-refractivity contribution in [1.82, 2.24) is 9.36 Å². The summed E-state index contributed by atoms with van der Waals surface area (Å²) >= 11 is 6.45. The van der Waals surface area contributed by atoms with E-state index in [0.29, 0.717) is 5.82 Å². The maximum absolute atomic E-state index is 10.3. The van der Waals surface area contributed by atoms with E-state index in [4.69, 9.17) is 16.7 Å². The number of aromatic nitrogens is 2. The zero-order chi connectivity index (χ0) is 8.43. The van der Waals surface area contributed by atoms with Crippen molar-refractivity contribution in [2.24, 2.45) is 0 Å². The van der Waals surface area contributed by atoms with Crippen LogP contribution >= 0.6 is 23.1 Å². The lowest BCUT2D eigenvalue weighted by atomic mass is 10.4. The molecule has 1 heterocycles. The number of nitrogens with zero attached hydrogens (tertiary/aromatic N) is 2. The van der Waals surface area contributed by atoms with Crippen LogP contribution in [0.2, 0.25) is 0 Å². The molecule has 0 bridgehead atoms. The highest BCUT2D eigenvalue weighted by Gasteiger charge is 2.13. The highest BCUT2D eigenvalue weighted by atomic mass is 35.5. The summed E-state index contributed by atoms with van der Waals surface area (Å²) in [5.41, 5.74) is 0. The fraction of sp³-hybridized carbons (Fsp3) is 0.400. The molecule has 0 spiro atoms. The molecule has 0 amide bonds. The Balaban J connectivity index is 2.90. The number of aromatic carboxylic acids is 1. The predicted octanol–water partition coefficient (Wildman–Crippen LogP) is 1.54. The summed E-state index contributed by atoms with van der Waals surface area (Å²) in [5.74, 6) is -0.694. The average molecular weight is 193 g/mol. The van der Waals surface area contributed by atoms with Gasteiger partial charge in [0.2, 0.25) is 5.01 Å². The van der Waals surface area contributed by atoms with E-state index < -0.39 is 5.97 Å². The van der Waals surface area contributed by atoms with Gasteiger partial charge in [0, 0.05) is 0 Å². The summed E-state index contributed by atoms with van der Waals surface area (Å²) < 4.78 is 3.75. The molecule has 0 saturated heterocycles. The van der Waals surface area contributed by atoms with E-state index in [2.05, 4.69) is 9.36 Å². The quantitative estimate of drug-likeness (QED) is 0.722. The van der Waals surface area contributed by atoms with Gasteiger partial charge in [-0.05, 0) is 18.5 Å². The molecule has 1 aromatic heterocycles. The molecule has 0 aromatic carbocycles. The highest BCUT2D eigenvalue weighted by Crippen LogP contribution is 2.17. The monoisotopic (exact) mass is 192 g/mol. The molecule has 1 aromatic rings. The summed E-state index contributed by atoms with van der Waals surface area (Å²) in [5, 5.41) is 8.09. The first-order valence-electron chi connectivity index (χ1n) is 2.82. The lowest BCUT2D eigenvalue weighted by molar-refractivity contribution is 0.0696. The van der Waals surface area contributed by atoms with Gasteiger partial charge in [-0.2, -0.15) is 4.37 Å². The van der Waals surface area contributed by atoms with Gasteiger partial charge in [-0.15, -0.1) is 11.6 Å². The van der Waals surface area contributed by atoms with Crippen molar-refractivity contribution in [3.05, 3.63) is 10.8 Å². The first kappa shape index (κ1) is 8.42. The number of hydrogen-bond acceptors (Lipinski definition) is 4. The molecule has 6 heteroatoms. The summed E-state index contributed by atoms with van der Waals surface area (Å²) in [6.07, 6.45) is 0. The van der Waals surface area contributed by atoms with Gasteiger partial charge >= 0.3 is 5.97 Å². The molecule has 1 unspecified atom stereocenters. The number of hydrogen-bond donors (Lipinski definition) is 1. The van der Waals surface area contributed by atoms with Crippen molar-refractivity contribution in [3.63, 3.8) is 0 Å². The first-order chi connectivity index (χ1) is 5.11. The normalized spacial score (nSPS) is 12.9. The van der Waals surface area contributed by atoms with Crippen LogP contribution in [0.25, 0.3) is 0 Å². The van der Waals surface area contributed by atoms with Gasteiger partial charge < -0.3 is 5.11 Å². The zero-order valence-electron chi connectivity index (χ0n) is 5.61. The zero-order valence-corrected chi connectivity index (χ0v) is 7.19. The average Bonchev–Trinajstić information content (AvgIpc) is 2.33. The fourth-order valence-corrected chi connectivity index (χ4v) is 1.23. The topological polar surface area (TPSA) is 63.1 Å². The third kappa shape index (κ3) is 1.87. The maximum atomic E-state index is 10.3. The Bertz CT molecular complexity index is 273. The predicted molar refractivity (Wildman–Crippen MR) is 41.1 cm³/mol. The Hall–Kier alpha value is -0.680. The highest BCUT2D eigenvalue weighted by molar-refractivity contribution is 7.07. The lowest BCUT2D eigenvalue weighted by Crippen LogP contribution is -1.95. The van der Waals surface area contributed by atoms with Crippen molar-refractivity contribution in [1.29, 1.82) is 0 Å². The minimum Gasteiger partial charge on any atom is -0.476 e. The molecule has 0 aliphatic heterocycles. The van der Waals surface area contributed by atoms with Crippen molar-refractivity contribution in [2.75, 3.05) is 0 Å². The maximum Gasteiger partial charge on any atom is 0.366 e. The van der Waals surface area contributed by atoms with Gasteiger partial charge in [0.1, 0.15) is 0 Å². The van der Waals surface area contributed by atoms with E-state index in [1.807, 2.05) is 0 Å². The molecule has 1 rings (SSSR count). The Morgan fingerprint density at radius 1 is 1.82 bits per heavy atom. The summed E-state index contributed by atoms with van der Waals surface area (Å²) in [4.78, 5) is 14.0. The number of rotatable bonds is 2. The summed E-state index contributed by atoms with van der Waals surface area (Å²) in [6, 6.07) is 0. The second kappa shape index (κ2) is 3.15. The number of carbonyl (C=O) groups is 1. The molecule has 1 atom stereocenters. The van der Waals surface area contributed by atoms with Gasteiger partial charge in [-0.3, -0.25) is 0 Å². The van der Waals surface area contributed by atoms with E-state index in [0.717, 1.165) is 11.5 Å². The third-order valence-corrected chi connectivity index (χ3v) is 1.89. The molecule has 0 radical (unpaired) electrons. The molecular weight excluding hydrogens is 188 g/mol. The van der Waals surface area contributed by atoms with Gasteiger partial charge in [0.15, 0.2) is 5.82 Å². The smallest absolute Gasteiger partial charge is 0.366 e. The van der Waals surface area contributed by atoms with E-state index >= 15 is 0 Å². The largest absolute Gasteiger partial charge is 0.476 e. The first-order valence-corrected chi connectivity index (χ1v) is 4.03. The van der Waals surface area contributed by atoms with Crippen LogP contribution in [0, 0.1) is 0 Å². The van der Waals surface area contributed by atoms with E-state index in [9.17, 15) is 4.79 Å². The molecule has 1 N–H and O–H groups in total. The van der Waals surface area contributed by atoms with Crippen LogP contribution in [0.4, 0.5) is 0 Å². The molecule has 11 heavy (non-hydrogen) atoms. The Labute approximate surface area is 72.0 Å². The standard InChI is InChI=1S/C5H5ClN2O2S/c1-2(6)3-7-4(5(9)10)11-8-3/h2H,1H3,(H,9,10). The molecule has 60 valence electrons. The molecule has 0 fully saturated rings. The van der Waals surface area contributed by atoms with Gasteiger partial charge in [0.05, 0.1) is 5.38 Å². The number of halogens is 1. The van der Waals surface area contributed by atoms with Crippen molar-refractivity contribution in [3.8, 4) is 0 Å². The molecule has 4 nitrogen and oxygen atoms in total. The fourth-order valence-electron chi connectivity index (χ4n) is 0.483. The Kier molecular flexibility index (Phi) is 2.41. The van der Waals surface area contributed by atoms with E-state index in [1.54, 1.807) is 6.92 Å². The van der Waals surface area contributed by atoms with Crippen molar-refractivity contribution >= 4 is 29.1 Å². The molecular formula is C5H5ClN2O2S. The van der Waals surface area contributed by atoms with Crippen molar-refractivity contribution < 1.29 is 9.90 Å². The summed E-state index contributed by atoms with van der Waals surface area (Å²) in [6.45, 7) is 1.69. The van der Waals surface area contributed by atoms with E-state index in [1.165, 1.54) is 0 Å². The second-order valence-corrected chi connectivity index (χ2v) is 3.29. The minimum absolute atomic E-state index is 0.0208. The van der Waals surface area contributed by atoms with E-state index in [-0.39, 0.29) is 10.4 Å². The lowest BCUT2D eigenvalue weighted by Gasteiger charge is -1.90. The van der Waals surface area contributed by atoms with Gasteiger partial charge in [0.25, 0.3) is 0 Å². The number of alkyl halides is 1.